The Labute approximate surface area is 136 Å². The van der Waals surface area contributed by atoms with Crippen molar-refractivity contribution in [3.05, 3.63) is 23.8 Å². The molecule has 1 amide bonds. The van der Waals surface area contributed by atoms with E-state index in [-0.39, 0.29) is 23.9 Å². The lowest BCUT2D eigenvalue weighted by Crippen LogP contribution is -2.47. The number of nitrogens with one attached hydrogen (secondary N) is 1. The monoisotopic (exact) mass is 338 g/mol. The second-order valence-corrected chi connectivity index (χ2v) is 6.75. The Morgan fingerprint density at radius 3 is 2.58 bits per heavy atom. The molecule has 1 aromatic carbocycles. The molecular formula is C16H17F3N4O. The van der Waals surface area contributed by atoms with Gasteiger partial charge >= 0.3 is 6.18 Å². The molecule has 0 radical (unpaired) electrons. The van der Waals surface area contributed by atoms with Gasteiger partial charge in [-0.1, -0.05) is 6.07 Å². The number of aromatic nitrogens is 3. The van der Waals surface area contributed by atoms with Crippen LogP contribution in [0.2, 0.25) is 0 Å². The van der Waals surface area contributed by atoms with E-state index < -0.39 is 12.6 Å². The van der Waals surface area contributed by atoms with E-state index in [4.69, 9.17) is 0 Å². The van der Waals surface area contributed by atoms with E-state index in [1.165, 1.54) is 0 Å². The quantitative estimate of drug-likeness (QED) is 0.914. The first-order valence-electron chi connectivity index (χ1n) is 8.11. The number of H-pyrrole nitrogens is 1. The average Bonchev–Trinajstić information content (AvgIpc) is 3.07. The number of piperidine rings is 1. The van der Waals surface area contributed by atoms with Gasteiger partial charge < -0.3 is 4.90 Å². The zero-order chi connectivity index (χ0) is 16.9. The van der Waals surface area contributed by atoms with Crippen LogP contribution in [0, 0.1) is 5.92 Å². The summed E-state index contributed by atoms with van der Waals surface area (Å²) in [5.41, 5.74) is 1.59. The fourth-order valence-electron chi connectivity index (χ4n) is 4.29. The van der Waals surface area contributed by atoms with Gasteiger partial charge in [0, 0.05) is 18.5 Å². The zero-order valence-electron chi connectivity index (χ0n) is 12.9. The third kappa shape index (κ3) is 2.63. The Balaban J connectivity index is 1.58. The Kier molecular flexibility index (Phi) is 3.51. The third-order valence-electron chi connectivity index (χ3n) is 5.16. The van der Waals surface area contributed by atoms with Crippen molar-refractivity contribution in [1.29, 1.82) is 0 Å². The molecule has 128 valence electrons. The predicted octanol–water partition coefficient (Wildman–Crippen LogP) is 3.29. The molecule has 2 aliphatic rings. The van der Waals surface area contributed by atoms with Crippen LogP contribution in [-0.2, 0) is 0 Å². The highest BCUT2D eigenvalue weighted by atomic mass is 19.4. The second-order valence-electron chi connectivity index (χ2n) is 6.75. The molecule has 4 rings (SSSR count). The van der Waals surface area contributed by atoms with Gasteiger partial charge in [-0.3, -0.25) is 4.79 Å². The molecule has 2 atom stereocenters. The van der Waals surface area contributed by atoms with Crippen LogP contribution in [0.3, 0.4) is 0 Å². The maximum atomic E-state index is 13.0. The van der Waals surface area contributed by atoms with Crippen LogP contribution in [0.5, 0.6) is 0 Å². The summed E-state index contributed by atoms with van der Waals surface area (Å²) in [7, 11) is 0. The molecule has 0 spiro atoms. The number of rotatable bonds is 2. The smallest absolute Gasteiger partial charge is 0.333 e. The topological polar surface area (TPSA) is 61.9 Å². The molecule has 2 unspecified atom stereocenters. The van der Waals surface area contributed by atoms with Crippen LogP contribution in [0.15, 0.2) is 18.2 Å². The minimum Gasteiger partial charge on any atom is -0.333 e. The summed E-state index contributed by atoms with van der Waals surface area (Å²) in [5, 5.41) is 10.5. The average molecular weight is 338 g/mol. The lowest BCUT2D eigenvalue weighted by molar-refractivity contribution is -0.148. The maximum absolute atomic E-state index is 13.0. The second kappa shape index (κ2) is 5.46. The molecule has 1 N–H and O–H groups in total. The summed E-state index contributed by atoms with van der Waals surface area (Å²) in [6.45, 7) is 0. The summed E-state index contributed by atoms with van der Waals surface area (Å²) in [6.07, 6.45) is -2.48. The van der Waals surface area contributed by atoms with Crippen LogP contribution < -0.4 is 0 Å². The molecule has 3 heterocycles. The first-order valence-corrected chi connectivity index (χ1v) is 8.11. The van der Waals surface area contributed by atoms with Gasteiger partial charge in [-0.2, -0.15) is 28.6 Å². The number of fused-ring (bicyclic) bond motifs is 3. The van der Waals surface area contributed by atoms with Gasteiger partial charge in [0.15, 0.2) is 0 Å². The Hall–Kier alpha value is -2.12. The number of hydrogen-bond donors (Lipinski definition) is 1. The fourth-order valence-corrected chi connectivity index (χ4v) is 4.29. The number of hydrogen-bond acceptors (Lipinski definition) is 3. The van der Waals surface area contributed by atoms with Crippen molar-refractivity contribution in [2.75, 3.05) is 0 Å². The number of nitrogens with zero attached hydrogens (tertiary/aromatic N) is 3. The number of halogens is 3. The highest BCUT2D eigenvalue weighted by Gasteiger charge is 2.46. The number of para-hydroxylation sites is 1. The van der Waals surface area contributed by atoms with Crippen LogP contribution in [0.25, 0.3) is 11.0 Å². The Morgan fingerprint density at radius 1 is 1.21 bits per heavy atom. The summed E-state index contributed by atoms with van der Waals surface area (Å²) in [6, 6.07) is 5.00. The summed E-state index contributed by atoms with van der Waals surface area (Å²) in [4.78, 5) is 14.8. The van der Waals surface area contributed by atoms with Crippen molar-refractivity contribution in [3.8, 4) is 0 Å². The lowest BCUT2D eigenvalue weighted by Gasteiger charge is -2.39. The molecule has 24 heavy (non-hydrogen) atoms. The molecular weight excluding hydrogens is 321 g/mol. The summed E-state index contributed by atoms with van der Waals surface area (Å²) in [5.74, 6) is -0.526. The lowest BCUT2D eigenvalue weighted by atomic mass is 9.87. The fraction of sp³-hybridized carbons (Fsp3) is 0.562. The molecule has 0 aliphatic carbocycles. The van der Waals surface area contributed by atoms with Gasteiger partial charge in [0.05, 0.1) is 5.56 Å². The number of benzene rings is 1. The van der Waals surface area contributed by atoms with Crippen molar-refractivity contribution in [2.24, 2.45) is 5.92 Å². The van der Waals surface area contributed by atoms with E-state index in [0.717, 1.165) is 12.8 Å². The summed E-state index contributed by atoms with van der Waals surface area (Å²) < 4.78 is 38.0. The van der Waals surface area contributed by atoms with Crippen LogP contribution in [-0.4, -0.2) is 44.5 Å². The summed E-state index contributed by atoms with van der Waals surface area (Å²) >= 11 is 0. The molecule has 2 aromatic rings. The number of carbonyl (C=O) groups excluding carboxylic acids is 1. The van der Waals surface area contributed by atoms with E-state index in [9.17, 15) is 18.0 Å². The molecule has 1 aromatic heterocycles. The van der Waals surface area contributed by atoms with Crippen molar-refractivity contribution in [3.63, 3.8) is 0 Å². The maximum Gasteiger partial charge on any atom is 0.389 e. The standard InChI is InChI=1S/C16H17F3N4O/c17-16(18,19)8-9-6-10-4-5-11(7-9)23(10)15(24)12-2-1-3-13-14(12)21-22-20-13/h1-3,9-11H,4-8H2,(H,20,21,22). The first kappa shape index (κ1) is 15.4. The van der Waals surface area contributed by atoms with Gasteiger partial charge in [-0.15, -0.1) is 0 Å². The van der Waals surface area contributed by atoms with Crippen LogP contribution in [0.1, 0.15) is 42.5 Å². The number of amides is 1. The predicted molar refractivity (Wildman–Crippen MR) is 80.3 cm³/mol. The van der Waals surface area contributed by atoms with Crippen molar-refractivity contribution in [1.82, 2.24) is 20.3 Å². The molecule has 2 saturated heterocycles. The Bertz CT molecular complexity index is 758. The van der Waals surface area contributed by atoms with Gasteiger partial charge in [-0.05, 0) is 43.7 Å². The van der Waals surface area contributed by atoms with Crippen LogP contribution in [0.4, 0.5) is 13.2 Å². The zero-order valence-corrected chi connectivity index (χ0v) is 12.9. The van der Waals surface area contributed by atoms with Crippen molar-refractivity contribution < 1.29 is 18.0 Å². The van der Waals surface area contributed by atoms with Gasteiger partial charge in [0.1, 0.15) is 11.0 Å². The number of carbonyl (C=O) groups is 1. The Morgan fingerprint density at radius 2 is 1.92 bits per heavy atom. The van der Waals surface area contributed by atoms with E-state index >= 15 is 0 Å². The van der Waals surface area contributed by atoms with Gasteiger partial charge in [-0.25, -0.2) is 0 Å². The van der Waals surface area contributed by atoms with E-state index in [2.05, 4.69) is 15.4 Å². The number of alkyl halides is 3. The van der Waals surface area contributed by atoms with E-state index in [1.807, 2.05) is 0 Å². The van der Waals surface area contributed by atoms with E-state index in [0.29, 0.717) is 29.4 Å². The molecule has 0 saturated carbocycles. The molecule has 2 aliphatic heterocycles. The molecule has 8 heteroatoms. The minimum absolute atomic E-state index is 0.106. The van der Waals surface area contributed by atoms with Gasteiger partial charge in [0.2, 0.25) is 0 Å². The number of aromatic amines is 1. The normalized spacial score (nSPS) is 27.0. The SMILES string of the molecule is O=C(c1cccc2n[nH]nc12)N1C2CCC1CC(CC(F)(F)F)C2. The van der Waals surface area contributed by atoms with Crippen molar-refractivity contribution in [2.45, 2.75) is 50.4 Å². The highest BCUT2D eigenvalue weighted by molar-refractivity contribution is 6.05. The van der Waals surface area contributed by atoms with Gasteiger partial charge in [0.25, 0.3) is 5.91 Å². The largest absolute Gasteiger partial charge is 0.389 e. The van der Waals surface area contributed by atoms with E-state index in [1.54, 1.807) is 23.1 Å². The molecule has 2 fully saturated rings. The minimum atomic E-state index is -4.14. The first-order chi connectivity index (χ1) is 11.4. The highest BCUT2D eigenvalue weighted by Crippen LogP contribution is 2.43. The van der Waals surface area contributed by atoms with Crippen LogP contribution >= 0.6 is 0 Å². The third-order valence-corrected chi connectivity index (χ3v) is 5.16. The van der Waals surface area contributed by atoms with Crippen molar-refractivity contribution >= 4 is 16.9 Å². The molecule has 5 nitrogen and oxygen atoms in total. The molecule has 2 bridgehead atoms.